The number of nitrogens with zero attached hydrogens (tertiary/aromatic N) is 2. The Balaban J connectivity index is 2.20. The second kappa shape index (κ2) is 5.33. The summed E-state index contributed by atoms with van der Waals surface area (Å²) in [7, 11) is 1.82. The Labute approximate surface area is 104 Å². The normalized spacial score (nSPS) is 12.6. The molecule has 0 spiro atoms. The number of hydrogen-bond donors (Lipinski definition) is 1. The number of aromatic nitrogens is 2. The summed E-state index contributed by atoms with van der Waals surface area (Å²) in [5, 5.41) is 6.13. The molecule has 0 aliphatic carbocycles. The third-order valence-electron chi connectivity index (χ3n) is 2.57. The highest BCUT2D eigenvalue weighted by molar-refractivity contribution is 7.09. The van der Waals surface area contributed by atoms with E-state index in [9.17, 15) is 4.39 Å². The lowest BCUT2D eigenvalue weighted by Gasteiger charge is -2.15. The molecule has 0 radical (unpaired) electrons. The second-order valence-electron chi connectivity index (χ2n) is 3.83. The van der Waals surface area contributed by atoms with Crippen molar-refractivity contribution in [3.63, 3.8) is 0 Å². The topological polar surface area (TPSA) is 37.8 Å². The van der Waals surface area contributed by atoms with E-state index in [0.29, 0.717) is 12.0 Å². The van der Waals surface area contributed by atoms with Crippen molar-refractivity contribution in [2.24, 2.45) is 0 Å². The highest BCUT2D eigenvalue weighted by Crippen LogP contribution is 2.21. The van der Waals surface area contributed by atoms with Crippen LogP contribution in [0.4, 0.5) is 4.39 Å². The van der Waals surface area contributed by atoms with Crippen molar-refractivity contribution >= 4 is 11.3 Å². The molecule has 5 heteroatoms. The van der Waals surface area contributed by atoms with Crippen molar-refractivity contribution < 1.29 is 4.39 Å². The van der Waals surface area contributed by atoms with E-state index in [0.717, 1.165) is 10.7 Å². The molecule has 1 N–H and O–H groups in total. The minimum absolute atomic E-state index is 0.0662. The molecule has 0 aliphatic rings. The largest absolute Gasteiger partial charge is 0.313 e. The molecule has 0 amide bonds. The molecule has 0 aliphatic heterocycles. The maximum Gasteiger partial charge on any atom is 0.146 e. The average molecular weight is 251 g/mol. The highest BCUT2D eigenvalue weighted by atomic mass is 32.1. The fourth-order valence-electron chi connectivity index (χ4n) is 1.71. The van der Waals surface area contributed by atoms with Crippen LogP contribution in [0, 0.1) is 12.7 Å². The van der Waals surface area contributed by atoms with Crippen LogP contribution < -0.4 is 5.32 Å². The van der Waals surface area contributed by atoms with E-state index in [1.54, 1.807) is 23.6 Å². The molecule has 2 aromatic heterocycles. The summed E-state index contributed by atoms with van der Waals surface area (Å²) < 4.78 is 13.6. The van der Waals surface area contributed by atoms with Gasteiger partial charge in [0, 0.05) is 35.3 Å². The minimum Gasteiger partial charge on any atom is -0.313 e. The molecule has 90 valence electrons. The summed E-state index contributed by atoms with van der Waals surface area (Å²) in [6.07, 6.45) is 3.54. The average Bonchev–Trinajstić information content (AvgIpc) is 2.73. The number of pyridine rings is 1. The third kappa shape index (κ3) is 2.87. The van der Waals surface area contributed by atoms with Crippen LogP contribution in [0.2, 0.25) is 0 Å². The van der Waals surface area contributed by atoms with Crippen LogP contribution in [-0.2, 0) is 6.42 Å². The molecule has 1 unspecified atom stereocenters. The van der Waals surface area contributed by atoms with Gasteiger partial charge in [0.1, 0.15) is 5.82 Å². The lowest BCUT2D eigenvalue weighted by Crippen LogP contribution is -2.20. The first-order valence-corrected chi connectivity index (χ1v) is 6.26. The van der Waals surface area contributed by atoms with Crippen molar-refractivity contribution in [1.29, 1.82) is 0 Å². The molecule has 0 saturated heterocycles. The molecule has 2 aromatic rings. The smallest absolute Gasteiger partial charge is 0.146 e. The number of halogens is 1. The summed E-state index contributed by atoms with van der Waals surface area (Å²) in [5.41, 5.74) is 1.64. The Kier molecular flexibility index (Phi) is 3.81. The predicted octanol–water partition coefficient (Wildman–Crippen LogP) is 2.49. The zero-order valence-electron chi connectivity index (χ0n) is 9.77. The van der Waals surface area contributed by atoms with E-state index in [-0.39, 0.29) is 11.9 Å². The molecule has 0 aromatic carbocycles. The molecule has 1 atom stereocenters. The van der Waals surface area contributed by atoms with Gasteiger partial charge >= 0.3 is 0 Å². The van der Waals surface area contributed by atoms with Crippen LogP contribution in [0.3, 0.4) is 0 Å². The molecular formula is C12H14FN3S. The second-order valence-corrected chi connectivity index (χ2v) is 4.77. The van der Waals surface area contributed by atoms with Crippen LogP contribution >= 0.6 is 11.3 Å². The summed E-state index contributed by atoms with van der Waals surface area (Å²) in [4.78, 5) is 8.15. The molecule has 0 fully saturated rings. The van der Waals surface area contributed by atoms with Crippen molar-refractivity contribution in [2.75, 3.05) is 7.05 Å². The number of thiazole rings is 1. The molecule has 0 bridgehead atoms. The van der Waals surface area contributed by atoms with Gasteiger partial charge in [-0.1, -0.05) is 0 Å². The fraction of sp³-hybridized carbons (Fsp3) is 0.333. The number of rotatable bonds is 4. The van der Waals surface area contributed by atoms with Gasteiger partial charge in [0.05, 0.1) is 11.2 Å². The van der Waals surface area contributed by atoms with E-state index in [4.69, 9.17) is 0 Å². The van der Waals surface area contributed by atoms with Gasteiger partial charge in [0.2, 0.25) is 0 Å². The van der Waals surface area contributed by atoms with Crippen LogP contribution in [0.15, 0.2) is 23.8 Å². The van der Waals surface area contributed by atoms with Gasteiger partial charge < -0.3 is 5.32 Å². The van der Waals surface area contributed by atoms with Crippen molar-refractivity contribution in [3.8, 4) is 0 Å². The van der Waals surface area contributed by atoms with Gasteiger partial charge in [-0.25, -0.2) is 9.37 Å². The maximum atomic E-state index is 13.6. The monoisotopic (exact) mass is 251 g/mol. The zero-order chi connectivity index (χ0) is 12.3. The first-order chi connectivity index (χ1) is 8.20. The van der Waals surface area contributed by atoms with Crippen LogP contribution in [-0.4, -0.2) is 17.0 Å². The van der Waals surface area contributed by atoms with Crippen LogP contribution in [0.5, 0.6) is 0 Å². The predicted molar refractivity (Wildman–Crippen MR) is 66.6 cm³/mol. The summed E-state index contributed by atoms with van der Waals surface area (Å²) in [6, 6.07) is 1.64. The Morgan fingerprint density at radius 3 is 2.94 bits per heavy atom. The van der Waals surface area contributed by atoms with Gasteiger partial charge in [0.25, 0.3) is 0 Å². The minimum atomic E-state index is -0.278. The van der Waals surface area contributed by atoms with Crippen molar-refractivity contribution in [2.45, 2.75) is 19.4 Å². The molecule has 2 rings (SSSR count). The lowest BCUT2D eigenvalue weighted by molar-refractivity contribution is 0.529. The first kappa shape index (κ1) is 12.1. The van der Waals surface area contributed by atoms with Gasteiger partial charge in [-0.15, -0.1) is 11.3 Å². The zero-order valence-corrected chi connectivity index (χ0v) is 10.6. The Bertz CT molecular complexity index is 498. The molecule has 2 heterocycles. The summed E-state index contributed by atoms with van der Waals surface area (Å²) in [6.45, 7) is 1.96. The Hall–Kier alpha value is -1.33. The summed E-state index contributed by atoms with van der Waals surface area (Å²) >= 11 is 1.60. The van der Waals surface area contributed by atoms with Crippen LogP contribution in [0.25, 0.3) is 0 Å². The number of hydrogen-bond acceptors (Lipinski definition) is 4. The van der Waals surface area contributed by atoms with E-state index in [1.807, 2.05) is 19.4 Å². The first-order valence-electron chi connectivity index (χ1n) is 5.38. The number of likely N-dealkylation sites (N-methyl/N-ethyl adjacent to an activating group) is 1. The maximum absolute atomic E-state index is 13.6. The Morgan fingerprint density at radius 2 is 2.35 bits per heavy atom. The lowest BCUT2D eigenvalue weighted by atomic mass is 10.1. The van der Waals surface area contributed by atoms with Gasteiger partial charge in [-0.3, -0.25) is 4.98 Å². The molecule has 3 nitrogen and oxygen atoms in total. The third-order valence-corrected chi connectivity index (χ3v) is 3.56. The molecule has 17 heavy (non-hydrogen) atoms. The Morgan fingerprint density at radius 1 is 1.53 bits per heavy atom. The summed E-state index contributed by atoms with van der Waals surface area (Å²) in [5.74, 6) is -0.278. The standard InChI is InChI=1S/C12H14FN3S/c1-8-7-17-12(16-8)5-11(14-2)9-3-4-15-6-10(9)13/h3-4,6-7,11,14H,5H2,1-2H3. The number of nitrogens with one attached hydrogen (secondary N) is 1. The van der Waals surface area contributed by atoms with E-state index in [1.165, 1.54) is 6.20 Å². The molecular weight excluding hydrogens is 237 g/mol. The van der Waals surface area contributed by atoms with Gasteiger partial charge in [-0.05, 0) is 20.0 Å². The molecule has 0 saturated carbocycles. The van der Waals surface area contributed by atoms with Crippen molar-refractivity contribution in [1.82, 2.24) is 15.3 Å². The van der Waals surface area contributed by atoms with E-state index < -0.39 is 0 Å². The van der Waals surface area contributed by atoms with E-state index >= 15 is 0 Å². The van der Waals surface area contributed by atoms with Crippen molar-refractivity contribution in [3.05, 3.63) is 45.9 Å². The van der Waals surface area contributed by atoms with E-state index in [2.05, 4.69) is 15.3 Å². The van der Waals surface area contributed by atoms with Crippen LogP contribution in [0.1, 0.15) is 22.3 Å². The SMILES string of the molecule is CNC(Cc1nc(C)cs1)c1ccncc1F. The quantitative estimate of drug-likeness (QED) is 0.907. The van der Waals surface area contributed by atoms with Gasteiger partial charge in [0.15, 0.2) is 0 Å². The highest BCUT2D eigenvalue weighted by Gasteiger charge is 2.15. The number of aryl methyl sites for hydroxylation is 1. The van der Waals surface area contributed by atoms with Gasteiger partial charge in [-0.2, -0.15) is 0 Å². The fourth-order valence-corrected chi connectivity index (χ4v) is 2.53.